The summed E-state index contributed by atoms with van der Waals surface area (Å²) in [5, 5.41) is 10.1. The fourth-order valence-corrected chi connectivity index (χ4v) is 3.12. The van der Waals surface area contributed by atoms with E-state index < -0.39 is 0 Å². The van der Waals surface area contributed by atoms with Gasteiger partial charge in [0.15, 0.2) is 0 Å². The van der Waals surface area contributed by atoms with E-state index in [1.165, 1.54) is 12.0 Å². The van der Waals surface area contributed by atoms with Gasteiger partial charge in [0.2, 0.25) is 0 Å². The Balaban J connectivity index is 2.02. The Kier molecular flexibility index (Phi) is 4.88. The van der Waals surface area contributed by atoms with Crippen LogP contribution in [0.15, 0.2) is 24.3 Å². The van der Waals surface area contributed by atoms with E-state index in [-0.39, 0.29) is 5.41 Å². The third-order valence-electron chi connectivity index (χ3n) is 4.11. The predicted octanol–water partition coefficient (Wildman–Crippen LogP) is 3.32. The molecule has 1 aromatic rings. The van der Waals surface area contributed by atoms with Gasteiger partial charge in [-0.1, -0.05) is 37.6 Å². The first kappa shape index (κ1) is 14.8. The Hall–Kier alpha value is -0.570. The number of hydrogen-bond acceptors (Lipinski definition) is 2. The first-order valence-electron chi connectivity index (χ1n) is 7.10. The molecule has 1 aromatic carbocycles. The molecule has 1 unspecified atom stereocenters. The fourth-order valence-electron chi connectivity index (χ4n) is 3.00. The molecular formula is C16H24ClNO. The lowest BCUT2D eigenvalue weighted by atomic mass is 9.83. The lowest BCUT2D eigenvalue weighted by Crippen LogP contribution is -2.43. The topological polar surface area (TPSA) is 23.5 Å². The van der Waals surface area contributed by atoms with Crippen molar-refractivity contribution in [2.45, 2.75) is 32.1 Å². The summed E-state index contributed by atoms with van der Waals surface area (Å²) in [7, 11) is 0. The number of hydrogen-bond donors (Lipinski definition) is 1. The van der Waals surface area contributed by atoms with Crippen LogP contribution in [0.25, 0.3) is 0 Å². The second-order valence-corrected chi connectivity index (χ2v) is 6.75. The molecule has 0 spiro atoms. The first-order chi connectivity index (χ1) is 9.01. The van der Waals surface area contributed by atoms with Gasteiger partial charge in [0.05, 0.1) is 0 Å². The minimum absolute atomic E-state index is 0.113. The minimum Gasteiger partial charge on any atom is -0.396 e. The standard InChI is InChI=1S/C16H24ClNO/c1-16(2,14-5-7-15(17)8-6-14)12-18-9-3-4-13(10-18)11-19/h5-8,13,19H,3-4,9-12H2,1-2H3. The van der Waals surface area contributed by atoms with E-state index in [0.717, 1.165) is 31.1 Å². The van der Waals surface area contributed by atoms with Gasteiger partial charge in [0.1, 0.15) is 0 Å². The summed E-state index contributed by atoms with van der Waals surface area (Å²) < 4.78 is 0. The van der Waals surface area contributed by atoms with Gasteiger partial charge in [0.25, 0.3) is 0 Å². The summed E-state index contributed by atoms with van der Waals surface area (Å²) >= 11 is 5.95. The van der Waals surface area contributed by atoms with Crippen LogP contribution in [-0.2, 0) is 5.41 Å². The number of likely N-dealkylation sites (tertiary alicyclic amines) is 1. The SMILES string of the molecule is CC(C)(CN1CCCC(CO)C1)c1ccc(Cl)cc1. The second-order valence-electron chi connectivity index (χ2n) is 6.32. The van der Waals surface area contributed by atoms with Crippen LogP contribution in [0.2, 0.25) is 5.02 Å². The quantitative estimate of drug-likeness (QED) is 0.915. The van der Waals surface area contributed by atoms with Crippen molar-refractivity contribution < 1.29 is 5.11 Å². The Morgan fingerprint density at radius 2 is 2.00 bits per heavy atom. The second kappa shape index (κ2) is 6.25. The summed E-state index contributed by atoms with van der Waals surface area (Å²) in [6.07, 6.45) is 2.36. The molecule has 2 nitrogen and oxygen atoms in total. The molecule has 2 rings (SSSR count). The largest absolute Gasteiger partial charge is 0.396 e. The van der Waals surface area contributed by atoms with Crippen LogP contribution in [0.3, 0.4) is 0 Å². The van der Waals surface area contributed by atoms with Crippen molar-refractivity contribution in [2.75, 3.05) is 26.2 Å². The molecule has 3 heteroatoms. The fraction of sp³-hybridized carbons (Fsp3) is 0.625. The molecule has 0 amide bonds. The molecular weight excluding hydrogens is 258 g/mol. The monoisotopic (exact) mass is 281 g/mol. The zero-order chi connectivity index (χ0) is 13.9. The van der Waals surface area contributed by atoms with Gasteiger partial charge in [-0.25, -0.2) is 0 Å². The minimum atomic E-state index is 0.113. The average Bonchev–Trinajstić information content (AvgIpc) is 2.39. The van der Waals surface area contributed by atoms with Crippen molar-refractivity contribution in [1.29, 1.82) is 0 Å². The smallest absolute Gasteiger partial charge is 0.0471 e. The molecule has 1 atom stereocenters. The maximum Gasteiger partial charge on any atom is 0.0471 e. The highest BCUT2D eigenvalue weighted by Crippen LogP contribution is 2.27. The highest BCUT2D eigenvalue weighted by molar-refractivity contribution is 6.30. The van der Waals surface area contributed by atoms with E-state index in [0.29, 0.717) is 12.5 Å². The van der Waals surface area contributed by atoms with Crippen molar-refractivity contribution in [3.05, 3.63) is 34.9 Å². The highest BCUT2D eigenvalue weighted by Gasteiger charge is 2.27. The number of piperidine rings is 1. The lowest BCUT2D eigenvalue weighted by Gasteiger charge is -2.38. The maximum absolute atomic E-state index is 9.31. The van der Waals surface area contributed by atoms with Gasteiger partial charge in [0, 0.05) is 30.1 Å². The molecule has 1 aliphatic rings. The van der Waals surface area contributed by atoms with Crippen LogP contribution in [-0.4, -0.2) is 36.2 Å². The van der Waals surface area contributed by atoms with E-state index in [2.05, 4.69) is 30.9 Å². The molecule has 0 aliphatic carbocycles. The first-order valence-corrected chi connectivity index (χ1v) is 7.48. The average molecular weight is 282 g/mol. The summed E-state index contributed by atoms with van der Waals surface area (Å²) in [6, 6.07) is 8.17. The normalized spacial score (nSPS) is 21.6. The molecule has 1 fully saturated rings. The summed E-state index contributed by atoms with van der Waals surface area (Å²) in [5.41, 5.74) is 1.44. The summed E-state index contributed by atoms with van der Waals surface area (Å²) in [5.74, 6) is 0.453. The zero-order valence-corrected chi connectivity index (χ0v) is 12.7. The van der Waals surface area contributed by atoms with Crippen LogP contribution in [0.1, 0.15) is 32.3 Å². The van der Waals surface area contributed by atoms with Crippen LogP contribution in [0.4, 0.5) is 0 Å². The number of aliphatic hydroxyl groups excluding tert-OH is 1. The van der Waals surface area contributed by atoms with E-state index >= 15 is 0 Å². The van der Waals surface area contributed by atoms with Crippen LogP contribution >= 0.6 is 11.6 Å². The van der Waals surface area contributed by atoms with Gasteiger partial charge >= 0.3 is 0 Å². The lowest BCUT2D eigenvalue weighted by molar-refractivity contribution is 0.105. The van der Waals surface area contributed by atoms with E-state index in [4.69, 9.17) is 11.6 Å². The Morgan fingerprint density at radius 3 is 2.63 bits per heavy atom. The molecule has 0 radical (unpaired) electrons. The van der Waals surface area contributed by atoms with Crippen LogP contribution in [0.5, 0.6) is 0 Å². The van der Waals surface area contributed by atoms with Gasteiger partial charge < -0.3 is 10.0 Å². The van der Waals surface area contributed by atoms with Gasteiger partial charge in [-0.2, -0.15) is 0 Å². The van der Waals surface area contributed by atoms with Crippen molar-refractivity contribution in [1.82, 2.24) is 4.90 Å². The van der Waals surface area contributed by atoms with Gasteiger partial charge in [-0.05, 0) is 43.0 Å². The van der Waals surface area contributed by atoms with E-state index in [1.54, 1.807) is 0 Å². The summed E-state index contributed by atoms with van der Waals surface area (Å²) in [4.78, 5) is 2.49. The molecule has 1 aliphatic heterocycles. The predicted molar refractivity (Wildman–Crippen MR) is 80.7 cm³/mol. The van der Waals surface area contributed by atoms with Crippen molar-refractivity contribution in [3.8, 4) is 0 Å². The van der Waals surface area contributed by atoms with E-state index in [1.807, 2.05) is 12.1 Å². The molecule has 106 valence electrons. The number of aliphatic hydroxyl groups is 1. The third-order valence-corrected chi connectivity index (χ3v) is 4.36. The number of nitrogens with zero attached hydrogens (tertiary/aromatic N) is 1. The summed E-state index contributed by atoms with van der Waals surface area (Å²) in [6.45, 7) is 8.07. The van der Waals surface area contributed by atoms with Crippen molar-refractivity contribution in [3.63, 3.8) is 0 Å². The highest BCUT2D eigenvalue weighted by atomic mass is 35.5. The molecule has 1 N–H and O–H groups in total. The molecule has 0 bridgehead atoms. The molecule has 1 heterocycles. The van der Waals surface area contributed by atoms with Gasteiger partial charge in [-0.3, -0.25) is 0 Å². The molecule has 1 saturated heterocycles. The van der Waals surface area contributed by atoms with E-state index in [9.17, 15) is 5.11 Å². The van der Waals surface area contributed by atoms with Gasteiger partial charge in [-0.15, -0.1) is 0 Å². The maximum atomic E-state index is 9.31. The number of rotatable bonds is 4. The van der Waals surface area contributed by atoms with Crippen molar-refractivity contribution >= 4 is 11.6 Å². The number of halogens is 1. The molecule has 0 saturated carbocycles. The van der Waals surface area contributed by atoms with Crippen LogP contribution in [0, 0.1) is 5.92 Å². The molecule has 19 heavy (non-hydrogen) atoms. The molecule has 0 aromatic heterocycles. The third kappa shape index (κ3) is 3.95. The zero-order valence-electron chi connectivity index (χ0n) is 11.9. The van der Waals surface area contributed by atoms with Crippen LogP contribution < -0.4 is 0 Å². The van der Waals surface area contributed by atoms with Crippen molar-refractivity contribution in [2.24, 2.45) is 5.92 Å². The Labute approximate surface area is 121 Å². The Morgan fingerprint density at radius 1 is 1.32 bits per heavy atom. The Bertz CT molecular complexity index is 402. The number of benzene rings is 1.